The maximum atomic E-state index is 9.37. The molecular formula is C12H18ClNO2. The summed E-state index contributed by atoms with van der Waals surface area (Å²) in [6, 6.07) is 3.68. The van der Waals surface area contributed by atoms with Crippen molar-refractivity contribution >= 4 is 11.6 Å². The van der Waals surface area contributed by atoms with E-state index in [-0.39, 0.29) is 12.0 Å². The molecule has 1 aromatic rings. The standard InChI is InChI=1S/C12H18ClNO2/c1-12(9-15)5-2-6-14(8-12)7-10-3-4-11(13)16-10/h3-4,15H,2,5-9H2,1H3. The van der Waals surface area contributed by atoms with Gasteiger partial charge in [0.25, 0.3) is 0 Å². The van der Waals surface area contributed by atoms with E-state index in [2.05, 4.69) is 11.8 Å². The van der Waals surface area contributed by atoms with Crippen molar-refractivity contribution in [1.29, 1.82) is 0 Å². The number of likely N-dealkylation sites (tertiary alicyclic amines) is 1. The molecule has 1 saturated heterocycles. The maximum absolute atomic E-state index is 9.37. The van der Waals surface area contributed by atoms with Gasteiger partial charge in [0.15, 0.2) is 5.22 Å². The largest absolute Gasteiger partial charge is 0.448 e. The van der Waals surface area contributed by atoms with Crippen LogP contribution in [0.4, 0.5) is 0 Å². The smallest absolute Gasteiger partial charge is 0.193 e. The Labute approximate surface area is 101 Å². The molecule has 1 unspecified atom stereocenters. The fourth-order valence-electron chi connectivity index (χ4n) is 2.35. The summed E-state index contributed by atoms with van der Waals surface area (Å²) in [5.41, 5.74) is 0.0363. The van der Waals surface area contributed by atoms with Crippen LogP contribution in [-0.2, 0) is 6.54 Å². The van der Waals surface area contributed by atoms with Crippen molar-refractivity contribution in [3.05, 3.63) is 23.1 Å². The lowest BCUT2D eigenvalue weighted by Crippen LogP contribution is -2.43. The molecule has 0 aromatic carbocycles. The molecule has 1 aliphatic rings. The van der Waals surface area contributed by atoms with Crippen LogP contribution in [0.1, 0.15) is 25.5 Å². The van der Waals surface area contributed by atoms with Crippen molar-refractivity contribution in [3.63, 3.8) is 0 Å². The van der Waals surface area contributed by atoms with Gasteiger partial charge in [-0.15, -0.1) is 0 Å². The van der Waals surface area contributed by atoms with E-state index in [1.807, 2.05) is 6.07 Å². The van der Waals surface area contributed by atoms with Crippen LogP contribution in [0.2, 0.25) is 5.22 Å². The molecule has 1 atom stereocenters. The Balaban J connectivity index is 1.95. The summed E-state index contributed by atoms with van der Waals surface area (Å²) in [5, 5.41) is 9.81. The van der Waals surface area contributed by atoms with Crippen molar-refractivity contribution in [3.8, 4) is 0 Å². The fraction of sp³-hybridized carbons (Fsp3) is 0.667. The first-order chi connectivity index (χ1) is 7.61. The molecule has 16 heavy (non-hydrogen) atoms. The van der Waals surface area contributed by atoms with Gasteiger partial charge in [0.1, 0.15) is 5.76 Å². The molecule has 0 aliphatic carbocycles. The van der Waals surface area contributed by atoms with Gasteiger partial charge in [0.2, 0.25) is 0 Å². The van der Waals surface area contributed by atoms with Gasteiger partial charge in [-0.3, -0.25) is 4.90 Å². The molecule has 0 bridgehead atoms. The van der Waals surface area contributed by atoms with Crippen LogP contribution in [0.15, 0.2) is 16.5 Å². The van der Waals surface area contributed by atoms with Gasteiger partial charge < -0.3 is 9.52 Å². The van der Waals surface area contributed by atoms with Gasteiger partial charge in [-0.2, -0.15) is 0 Å². The molecule has 0 saturated carbocycles. The molecule has 2 heterocycles. The molecule has 1 aromatic heterocycles. The van der Waals surface area contributed by atoms with E-state index in [1.165, 1.54) is 0 Å². The highest BCUT2D eigenvalue weighted by Crippen LogP contribution is 2.29. The first kappa shape index (κ1) is 12.0. The summed E-state index contributed by atoms with van der Waals surface area (Å²) in [6.07, 6.45) is 2.23. The van der Waals surface area contributed by atoms with Crippen LogP contribution in [0.5, 0.6) is 0 Å². The first-order valence-corrected chi connectivity index (χ1v) is 6.07. The zero-order valence-corrected chi connectivity index (χ0v) is 10.3. The lowest BCUT2D eigenvalue weighted by molar-refractivity contribution is 0.0399. The monoisotopic (exact) mass is 243 g/mol. The molecule has 0 spiro atoms. The van der Waals surface area contributed by atoms with Gasteiger partial charge in [-0.05, 0) is 43.1 Å². The summed E-state index contributed by atoms with van der Waals surface area (Å²) in [7, 11) is 0. The van der Waals surface area contributed by atoms with Crippen molar-refractivity contribution in [2.75, 3.05) is 19.7 Å². The van der Waals surface area contributed by atoms with Gasteiger partial charge in [-0.25, -0.2) is 0 Å². The van der Waals surface area contributed by atoms with Crippen molar-refractivity contribution in [2.45, 2.75) is 26.3 Å². The van der Waals surface area contributed by atoms with E-state index in [0.29, 0.717) is 5.22 Å². The SMILES string of the molecule is CC1(CO)CCCN(Cc2ccc(Cl)o2)C1. The predicted molar refractivity (Wildman–Crippen MR) is 63.4 cm³/mol. The minimum atomic E-state index is 0.0363. The highest BCUT2D eigenvalue weighted by Gasteiger charge is 2.30. The van der Waals surface area contributed by atoms with E-state index >= 15 is 0 Å². The summed E-state index contributed by atoms with van der Waals surface area (Å²) in [6.45, 7) is 5.15. The number of furan rings is 1. The number of piperidine rings is 1. The molecule has 1 fully saturated rings. The third-order valence-corrected chi connectivity index (χ3v) is 3.45. The Morgan fingerprint density at radius 2 is 2.38 bits per heavy atom. The average molecular weight is 244 g/mol. The molecule has 1 N–H and O–H groups in total. The number of aliphatic hydroxyl groups excluding tert-OH is 1. The van der Waals surface area contributed by atoms with Gasteiger partial charge in [0, 0.05) is 18.6 Å². The van der Waals surface area contributed by atoms with E-state index < -0.39 is 0 Å². The molecule has 1 aliphatic heterocycles. The number of hydrogen-bond donors (Lipinski definition) is 1. The van der Waals surface area contributed by atoms with Gasteiger partial charge >= 0.3 is 0 Å². The Kier molecular flexibility index (Phi) is 3.57. The third-order valence-electron chi connectivity index (χ3n) is 3.25. The Morgan fingerprint density at radius 1 is 1.56 bits per heavy atom. The summed E-state index contributed by atoms with van der Waals surface area (Å²) >= 11 is 5.74. The molecule has 2 rings (SSSR count). The first-order valence-electron chi connectivity index (χ1n) is 5.69. The second-order valence-electron chi connectivity index (χ2n) is 4.99. The summed E-state index contributed by atoms with van der Waals surface area (Å²) in [5.74, 6) is 0.896. The van der Waals surface area contributed by atoms with Crippen molar-refractivity contribution in [1.82, 2.24) is 4.90 Å². The third kappa shape index (κ3) is 2.78. The van der Waals surface area contributed by atoms with Crippen LogP contribution >= 0.6 is 11.6 Å². The zero-order valence-electron chi connectivity index (χ0n) is 9.58. The normalized spacial score (nSPS) is 27.2. The molecule has 4 heteroatoms. The van der Waals surface area contributed by atoms with Crippen molar-refractivity contribution < 1.29 is 9.52 Å². The van der Waals surface area contributed by atoms with E-state index in [4.69, 9.17) is 16.0 Å². The fourth-order valence-corrected chi connectivity index (χ4v) is 2.51. The average Bonchev–Trinajstić information content (AvgIpc) is 2.64. The topological polar surface area (TPSA) is 36.6 Å². The number of rotatable bonds is 3. The minimum absolute atomic E-state index is 0.0363. The summed E-state index contributed by atoms with van der Waals surface area (Å²) in [4.78, 5) is 2.31. The zero-order chi connectivity index (χ0) is 11.6. The van der Waals surface area contributed by atoms with E-state index in [1.54, 1.807) is 6.07 Å². The van der Waals surface area contributed by atoms with E-state index in [9.17, 15) is 5.11 Å². The highest BCUT2D eigenvalue weighted by molar-refractivity contribution is 6.28. The molecule has 90 valence electrons. The van der Waals surface area contributed by atoms with Gasteiger partial charge in [0.05, 0.1) is 6.54 Å². The van der Waals surface area contributed by atoms with Crippen LogP contribution in [0.25, 0.3) is 0 Å². The van der Waals surface area contributed by atoms with Crippen LogP contribution < -0.4 is 0 Å². The maximum Gasteiger partial charge on any atom is 0.193 e. The number of aliphatic hydroxyl groups is 1. The number of hydrogen-bond acceptors (Lipinski definition) is 3. The molecule has 3 nitrogen and oxygen atoms in total. The lowest BCUT2D eigenvalue weighted by atomic mass is 9.83. The molecular weight excluding hydrogens is 226 g/mol. The lowest BCUT2D eigenvalue weighted by Gasteiger charge is -2.38. The van der Waals surface area contributed by atoms with Crippen molar-refractivity contribution in [2.24, 2.45) is 5.41 Å². The Morgan fingerprint density at radius 3 is 3.00 bits per heavy atom. The van der Waals surface area contributed by atoms with Gasteiger partial charge in [-0.1, -0.05) is 6.92 Å². The van der Waals surface area contributed by atoms with Crippen LogP contribution in [0, 0.1) is 5.41 Å². The summed E-state index contributed by atoms with van der Waals surface area (Å²) < 4.78 is 5.35. The second-order valence-corrected chi connectivity index (χ2v) is 5.36. The van der Waals surface area contributed by atoms with Crippen LogP contribution in [-0.4, -0.2) is 29.7 Å². The Hall–Kier alpha value is -0.510. The Bertz CT molecular complexity index is 353. The quantitative estimate of drug-likeness (QED) is 0.887. The minimum Gasteiger partial charge on any atom is -0.448 e. The van der Waals surface area contributed by atoms with Crippen LogP contribution in [0.3, 0.4) is 0 Å². The van der Waals surface area contributed by atoms with E-state index in [0.717, 1.165) is 38.2 Å². The molecule has 0 amide bonds. The number of nitrogens with zero attached hydrogens (tertiary/aromatic N) is 1. The molecule has 0 radical (unpaired) electrons. The highest BCUT2D eigenvalue weighted by atomic mass is 35.5. The second kappa shape index (κ2) is 4.78. The predicted octanol–water partition coefficient (Wildman–Crippen LogP) is 2.53. The number of halogens is 1.